The number of Topliss-reactive ketones (excluding diaryl/α,β-unsaturated/α-hetero) is 1. The third-order valence-corrected chi connectivity index (χ3v) is 18.5. The van der Waals surface area contributed by atoms with Gasteiger partial charge in [-0.15, -0.1) is 11.8 Å². The molecule has 0 saturated carbocycles. The van der Waals surface area contributed by atoms with Gasteiger partial charge in [0.25, 0.3) is 5.91 Å². The molecule has 0 aromatic heterocycles. The summed E-state index contributed by atoms with van der Waals surface area (Å²) in [4.78, 5) is 101. The van der Waals surface area contributed by atoms with Gasteiger partial charge in [0.15, 0.2) is 11.5 Å². The number of hydrogen-bond donors (Lipinski definition) is 4. The van der Waals surface area contributed by atoms with Crippen LogP contribution in [0.3, 0.4) is 0 Å². The Labute approximate surface area is 454 Å². The molecule has 5 aliphatic heterocycles. The number of β-lactam (4-membered cyclic amide) rings is 1. The van der Waals surface area contributed by atoms with Crippen LogP contribution in [-0.2, 0) is 44.7 Å². The number of likely N-dealkylation sites (tertiary alicyclic amines) is 3. The van der Waals surface area contributed by atoms with Crippen molar-refractivity contribution in [3.05, 3.63) is 46.6 Å². The van der Waals surface area contributed by atoms with Crippen molar-refractivity contribution in [2.45, 2.75) is 175 Å². The highest BCUT2D eigenvalue weighted by Gasteiger charge is 2.60. The van der Waals surface area contributed by atoms with E-state index < -0.39 is 70.7 Å². The number of nitrogens with zero attached hydrogens (tertiary/aromatic N) is 4. The van der Waals surface area contributed by atoms with Crippen molar-refractivity contribution >= 4 is 53.1 Å². The normalized spacial score (nSPS) is 24.9. The maximum Gasteiger partial charge on any atom is 0.353 e. The summed E-state index contributed by atoms with van der Waals surface area (Å²) >= 11 is 1.42. The van der Waals surface area contributed by atoms with Crippen molar-refractivity contribution in [2.75, 3.05) is 54.0 Å². The van der Waals surface area contributed by atoms with E-state index in [1.807, 2.05) is 44.0 Å². The molecule has 4 N–H and O–H groups in total. The highest BCUT2D eigenvalue weighted by molar-refractivity contribution is 8.03. The van der Waals surface area contributed by atoms with Gasteiger partial charge in [0.2, 0.25) is 23.5 Å². The number of aliphatic hydroxyl groups excluding tert-OH is 1. The highest BCUT2D eigenvalue weighted by Crippen LogP contribution is 2.52. The van der Waals surface area contributed by atoms with Crippen molar-refractivity contribution in [3.63, 3.8) is 0 Å². The fourth-order valence-electron chi connectivity index (χ4n) is 11.5. The van der Waals surface area contributed by atoms with Gasteiger partial charge in [-0.1, -0.05) is 68.0 Å². The number of likely N-dealkylation sites (N-methyl/N-ethyl adjacent to an activating group) is 1. The number of carboxylic acid groups (broad SMARTS) is 1. The maximum absolute atomic E-state index is 14.2. The summed E-state index contributed by atoms with van der Waals surface area (Å²) in [6.45, 7) is 23.4. The van der Waals surface area contributed by atoms with E-state index in [0.29, 0.717) is 106 Å². The Kier molecular flexibility index (Phi) is 19.5. The van der Waals surface area contributed by atoms with Crippen molar-refractivity contribution in [3.8, 4) is 11.5 Å². The number of benzene rings is 1. The van der Waals surface area contributed by atoms with Gasteiger partial charge in [0, 0.05) is 64.8 Å². The summed E-state index contributed by atoms with van der Waals surface area (Å²) in [5.74, 6) is -3.09. The number of carbonyl (C=O) groups is 7. The van der Waals surface area contributed by atoms with E-state index in [-0.39, 0.29) is 52.6 Å². The Morgan fingerprint density at radius 1 is 0.934 bits per heavy atom. The first-order valence-corrected chi connectivity index (χ1v) is 28.2. The average molecular weight is 1080 g/mol. The molecule has 0 aliphatic carbocycles. The van der Waals surface area contributed by atoms with Crippen molar-refractivity contribution in [1.82, 2.24) is 30.2 Å². The van der Waals surface area contributed by atoms with E-state index in [9.17, 15) is 43.8 Å². The second-order valence-electron chi connectivity index (χ2n) is 24.0. The molecule has 4 fully saturated rings. The molecule has 1 aromatic carbocycles. The third kappa shape index (κ3) is 13.6. The standard InChI is InChI=1S/C57H86N6O12S/c1-14-56(7,8)49(66)52(69)62-25-16-15-17-40(62)54(72)75-38(20-18-36-19-21-42(73-12)43(27-36)74-13)29-55(5,6)23-24-57(9,10)35(4)58-30-44(65)59-37-22-26-61(31-37)50(67)41-28-39(32-60(41)11)76-48-33(2)46-45(34(3)64)51(68)63(46)47(48)53(70)71/h19,21,27,33-34,37-41,45-46,58,64H,4,14-18,20,22-26,28-32H2,1-3,5-13H3,(H,59,65)(H,70,71)/t33-,34-,37+,38-,39+,40+,41+,45-,46-/m1/s1. The SMILES string of the molecule is C=C(NCC(=O)N[C@H]1CCN(C(=O)[C@@H]2C[C@H](SC3=C(C(=O)O)N4C(=O)[C@H]([C@@H](C)O)[C@H]4[C@H]3C)CN2C)C1)C(C)(C)CCC(C)(C)C[C@@H](CCc1ccc(OC)c(OC)c1)OC(=O)[C@@H]1CCCCN1C(=O)C(=O)C(C)(C)CC. The van der Waals surface area contributed by atoms with Crippen LogP contribution < -0.4 is 20.1 Å². The Morgan fingerprint density at radius 3 is 2.28 bits per heavy atom. The zero-order valence-corrected chi connectivity index (χ0v) is 47.9. The highest BCUT2D eigenvalue weighted by atomic mass is 32.2. The number of methoxy groups -OCH3 is 2. The summed E-state index contributed by atoms with van der Waals surface area (Å²) in [5.41, 5.74) is 0.0780. The number of nitrogens with one attached hydrogen (secondary N) is 2. The molecule has 0 radical (unpaired) electrons. The topological polar surface area (TPSA) is 225 Å². The van der Waals surface area contributed by atoms with Crippen LogP contribution in [0.4, 0.5) is 0 Å². The number of allylic oxidation sites excluding steroid dienone is 1. The summed E-state index contributed by atoms with van der Waals surface area (Å²) in [7, 11) is 5.06. The first-order chi connectivity index (χ1) is 35.6. The molecule has 0 spiro atoms. The van der Waals surface area contributed by atoms with Gasteiger partial charge in [-0.05, 0) is 108 Å². The van der Waals surface area contributed by atoms with Crippen LogP contribution in [-0.4, -0.2) is 167 Å². The predicted octanol–water partition coefficient (Wildman–Crippen LogP) is 5.94. The quantitative estimate of drug-likeness (QED) is 0.0506. The Bertz CT molecular complexity index is 2400. The summed E-state index contributed by atoms with van der Waals surface area (Å²) in [6.07, 6.45) is 5.16. The number of hydrogen-bond acceptors (Lipinski definition) is 14. The fraction of sp³-hybridized carbons (Fsp3) is 0.702. The monoisotopic (exact) mass is 1080 g/mol. The minimum Gasteiger partial charge on any atom is -0.493 e. The molecule has 19 heteroatoms. The molecular weight excluding hydrogens is 993 g/mol. The summed E-state index contributed by atoms with van der Waals surface area (Å²) in [6, 6.07) is 3.85. The molecule has 4 amide bonds. The second kappa shape index (κ2) is 24.7. The molecule has 422 valence electrons. The molecule has 5 heterocycles. The van der Waals surface area contributed by atoms with Gasteiger partial charge < -0.3 is 49.8 Å². The molecule has 0 unspecified atom stereocenters. The molecule has 1 aromatic rings. The number of amides is 4. The molecule has 5 aliphatic rings. The van der Waals surface area contributed by atoms with Crippen LogP contribution in [0.1, 0.15) is 132 Å². The Hall–Kier alpha value is -5.14. The largest absolute Gasteiger partial charge is 0.493 e. The number of carbonyl (C=O) groups excluding carboxylic acids is 6. The lowest BCUT2D eigenvalue weighted by atomic mass is 9.74. The summed E-state index contributed by atoms with van der Waals surface area (Å²) in [5, 5.41) is 26.7. The Morgan fingerprint density at radius 2 is 1.63 bits per heavy atom. The molecule has 9 atom stereocenters. The van der Waals surface area contributed by atoms with Gasteiger partial charge in [0.05, 0.1) is 44.9 Å². The minimum absolute atomic E-state index is 0.00518. The van der Waals surface area contributed by atoms with Gasteiger partial charge in [-0.25, -0.2) is 9.59 Å². The fourth-order valence-corrected chi connectivity index (χ4v) is 13.1. The van der Waals surface area contributed by atoms with Gasteiger partial charge in [-0.2, -0.15) is 0 Å². The third-order valence-electron chi connectivity index (χ3n) is 17.0. The minimum atomic E-state index is -1.17. The molecule has 4 saturated heterocycles. The van der Waals surface area contributed by atoms with E-state index in [0.717, 1.165) is 18.4 Å². The van der Waals surface area contributed by atoms with Crippen LogP contribution in [0.2, 0.25) is 0 Å². The number of ether oxygens (including phenoxy) is 3. The van der Waals surface area contributed by atoms with Crippen LogP contribution in [0.5, 0.6) is 11.5 Å². The smallest absolute Gasteiger partial charge is 0.353 e. The molecule has 6 rings (SSSR count). The van der Waals surface area contributed by atoms with Crippen LogP contribution in [0, 0.1) is 28.1 Å². The zero-order valence-electron chi connectivity index (χ0n) is 47.1. The lowest BCUT2D eigenvalue weighted by molar-refractivity contribution is -0.165. The van der Waals surface area contributed by atoms with E-state index in [2.05, 4.69) is 44.9 Å². The van der Waals surface area contributed by atoms with Crippen LogP contribution in [0.15, 0.2) is 41.1 Å². The molecule has 0 bridgehead atoms. The molecular formula is C57H86N6O12S. The second-order valence-corrected chi connectivity index (χ2v) is 25.3. The van der Waals surface area contributed by atoms with Crippen LogP contribution >= 0.6 is 11.8 Å². The van der Waals surface area contributed by atoms with Crippen molar-refractivity contribution in [2.24, 2.45) is 28.1 Å². The number of piperidine rings is 1. The van der Waals surface area contributed by atoms with E-state index in [1.165, 1.54) is 21.6 Å². The predicted molar refractivity (Wildman–Crippen MR) is 290 cm³/mol. The van der Waals surface area contributed by atoms with E-state index >= 15 is 0 Å². The van der Waals surface area contributed by atoms with Gasteiger partial charge in [0.1, 0.15) is 17.8 Å². The molecule has 18 nitrogen and oxygen atoms in total. The number of thioether (sulfide) groups is 1. The van der Waals surface area contributed by atoms with Crippen LogP contribution in [0.25, 0.3) is 0 Å². The maximum atomic E-state index is 14.2. The lowest BCUT2D eigenvalue weighted by Crippen LogP contribution is -2.63. The first-order valence-electron chi connectivity index (χ1n) is 27.3. The first kappa shape index (κ1) is 60.1. The number of ketones is 1. The van der Waals surface area contributed by atoms with Gasteiger partial charge in [-0.3, -0.25) is 28.9 Å². The molecule has 76 heavy (non-hydrogen) atoms. The number of aliphatic hydroxyl groups is 1. The average Bonchev–Trinajstić information content (AvgIpc) is 4.07. The van der Waals surface area contributed by atoms with Gasteiger partial charge >= 0.3 is 11.9 Å². The number of esters is 1. The zero-order chi connectivity index (χ0) is 56.2. The number of rotatable bonds is 25. The summed E-state index contributed by atoms with van der Waals surface area (Å²) < 4.78 is 17.4. The van der Waals surface area contributed by atoms with E-state index in [1.54, 1.807) is 39.9 Å². The lowest BCUT2D eigenvalue weighted by Gasteiger charge is -2.46. The van der Waals surface area contributed by atoms with E-state index in [4.69, 9.17) is 14.2 Å². The number of carboxylic acids is 1. The number of aryl methyl sites for hydroxylation is 1. The van der Waals surface area contributed by atoms with Crippen molar-refractivity contribution in [1.29, 1.82) is 0 Å². The Balaban J connectivity index is 0.997. The number of aliphatic carboxylic acids is 1. The number of fused-ring (bicyclic) bond motifs is 1. The van der Waals surface area contributed by atoms with Crippen molar-refractivity contribution < 1.29 is 58.0 Å².